The Kier molecular flexibility index (Phi) is 24.1. The molecule has 0 amide bonds. The van der Waals surface area contributed by atoms with Gasteiger partial charge in [0.2, 0.25) is 0 Å². The number of unbranched alkanes of at least 4 members (excludes halogenated alkanes) is 2. The highest BCUT2D eigenvalue weighted by atomic mass is 35.5. The number of nitrogens with two attached hydrogens (primary N) is 2. The van der Waals surface area contributed by atoms with Gasteiger partial charge >= 0.3 is 5.75 Å². The van der Waals surface area contributed by atoms with Gasteiger partial charge in [0, 0.05) is 73.4 Å². The monoisotopic (exact) mass is 870 g/mol. The molecule has 2 atom stereocenters. The molecule has 2 aliphatic heterocycles. The van der Waals surface area contributed by atoms with Crippen molar-refractivity contribution in [1.29, 1.82) is 5.41 Å². The maximum absolute atomic E-state index is 8.48. The molecule has 2 heterocycles. The van der Waals surface area contributed by atoms with Gasteiger partial charge in [-0.2, -0.15) is 0 Å². The number of ether oxygens (including phenoxy) is 2. The average molecular weight is 871 g/mol. The number of aliphatic imine (C=N–C) groups is 1. The first-order valence-corrected chi connectivity index (χ1v) is 23.9. The summed E-state index contributed by atoms with van der Waals surface area (Å²) in [5.74, 6) is 0.293. The number of nitrogens with zero attached hydrogens (tertiary/aromatic N) is 5. The molecule has 2 aromatic rings. The number of piperazine rings is 1. The third kappa shape index (κ3) is 17.5. The Morgan fingerprint density at radius 2 is 1.31 bits per heavy atom. The van der Waals surface area contributed by atoms with Gasteiger partial charge < -0.3 is 35.7 Å². The van der Waals surface area contributed by atoms with Gasteiger partial charge in [-0.3, -0.25) is 14.8 Å². The topological polar surface area (TPSA) is 116 Å². The van der Waals surface area contributed by atoms with Crippen molar-refractivity contribution < 1.29 is 14.0 Å². The summed E-state index contributed by atoms with van der Waals surface area (Å²) in [6, 6.07) is 9.30. The van der Waals surface area contributed by atoms with Crippen molar-refractivity contribution in [3.63, 3.8) is 0 Å². The van der Waals surface area contributed by atoms with E-state index in [0.29, 0.717) is 11.8 Å². The quantitative estimate of drug-likeness (QED) is 0.0707. The second-order valence-corrected chi connectivity index (χ2v) is 19.8. The van der Waals surface area contributed by atoms with Crippen molar-refractivity contribution >= 4 is 24.0 Å². The molecule has 1 aliphatic carbocycles. The standard InChI is InChI=1S/C44H70ClN6O2.C4H10.2CH5N/c1-10-11-22-51(23-21-49(9)32-51)31-36-27-38(44(5,6)7)25-34(29-47-39-15-13-12-14-16-39)41(36)53-42(45)52-40-33(28-46)24-37(43(2,3)4)26-35(40)30-50-19-17-48(8)18-20-50;1-3-4-2;2*1-2/h24-29,39,42,46H,10-23,30-32H2,1-9H3;3-4H2,1-2H3;2*2H2,1H3/q+1;;;. The summed E-state index contributed by atoms with van der Waals surface area (Å²) in [6.45, 7) is 30.1. The molecule has 348 valence electrons. The molecule has 0 aromatic heterocycles. The zero-order valence-electron chi connectivity index (χ0n) is 41.1. The van der Waals surface area contributed by atoms with Gasteiger partial charge in [0.1, 0.15) is 24.7 Å². The Hall–Kier alpha value is -2.57. The normalized spacial score (nSPS) is 19.9. The molecule has 5 N–H and O–H groups in total. The predicted octanol–water partition coefficient (Wildman–Crippen LogP) is 9.73. The van der Waals surface area contributed by atoms with Crippen LogP contribution >= 0.6 is 11.6 Å². The third-order valence-electron chi connectivity index (χ3n) is 12.2. The number of rotatable bonds is 15. The van der Waals surface area contributed by atoms with E-state index in [2.05, 4.69) is 133 Å². The van der Waals surface area contributed by atoms with E-state index in [9.17, 15) is 0 Å². The highest BCUT2D eigenvalue weighted by molar-refractivity contribution is 6.19. The number of hydrogen-bond acceptors (Lipinski definition) is 9. The van der Waals surface area contributed by atoms with E-state index in [1.54, 1.807) is 0 Å². The predicted molar refractivity (Wildman–Crippen MR) is 263 cm³/mol. The van der Waals surface area contributed by atoms with Crippen LogP contribution in [0.1, 0.15) is 153 Å². The van der Waals surface area contributed by atoms with Crippen LogP contribution in [-0.4, -0.2) is 124 Å². The Bertz CT molecular complexity index is 1590. The maximum atomic E-state index is 8.48. The first-order valence-electron chi connectivity index (χ1n) is 23.5. The largest absolute Gasteiger partial charge is 0.441 e. The lowest BCUT2D eigenvalue weighted by atomic mass is 9.84. The Morgan fingerprint density at radius 3 is 1.80 bits per heavy atom. The van der Waals surface area contributed by atoms with Crippen LogP contribution in [0, 0.1) is 5.41 Å². The van der Waals surface area contributed by atoms with Crippen molar-refractivity contribution in [3.8, 4) is 11.5 Å². The molecule has 2 aromatic carbocycles. The van der Waals surface area contributed by atoms with Crippen molar-refractivity contribution in [1.82, 2.24) is 14.7 Å². The van der Waals surface area contributed by atoms with Crippen molar-refractivity contribution in [2.45, 2.75) is 156 Å². The Balaban J connectivity index is 0.00000149. The molecule has 3 aliphatic rings. The number of quaternary nitrogens is 1. The molecule has 0 bridgehead atoms. The average Bonchev–Trinajstić information content (AvgIpc) is 3.61. The summed E-state index contributed by atoms with van der Waals surface area (Å²) in [5.41, 5.74) is 15.2. The van der Waals surface area contributed by atoms with Gasteiger partial charge in [-0.1, -0.05) is 107 Å². The number of alkyl halides is 1. The van der Waals surface area contributed by atoms with E-state index < -0.39 is 5.75 Å². The molecule has 0 radical (unpaired) electrons. The van der Waals surface area contributed by atoms with Crippen LogP contribution in [0.4, 0.5) is 0 Å². The number of benzene rings is 2. The maximum Gasteiger partial charge on any atom is 0.322 e. The molecular formula is C50H90ClN8O2+. The lowest BCUT2D eigenvalue weighted by molar-refractivity contribution is -0.933. The van der Waals surface area contributed by atoms with Gasteiger partial charge in [-0.15, -0.1) is 0 Å². The zero-order chi connectivity index (χ0) is 45.8. The Labute approximate surface area is 378 Å². The summed E-state index contributed by atoms with van der Waals surface area (Å²) >= 11 is 7.23. The van der Waals surface area contributed by atoms with E-state index in [-0.39, 0.29) is 10.8 Å². The molecule has 1 saturated carbocycles. The smallest absolute Gasteiger partial charge is 0.322 e. The minimum absolute atomic E-state index is 0.0561. The summed E-state index contributed by atoms with van der Waals surface area (Å²) in [5, 5.41) is 8.48. The molecule has 61 heavy (non-hydrogen) atoms. The van der Waals surface area contributed by atoms with Crippen molar-refractivity contribution in [2.75, 3.05) is 80.7 Å². The number of halogens is 1. The molecule has 5 rings (SSSR count). The van der Waals surface area contributed by atoms with Crippen LogP contribution in [0.5, 0.6) is 11.5 Å². The van der Waals surface area contributed by atoms with Crippen LogP contribution in [0.15, 0.2) is 29.3 Å². The molecule has 10 nitrogen and oxygen atoms in total. The fraction of sp³-hybridized carbons (Fsp3) is 0.720. The fourth-order valence-corrected chi connectivity index (χ4v) is 8.35. The van der Waals surface area contributed by atoms with Crippen LogP contribution in [-0.2, 0) is 23.9 Å². The third-order valence-corrected chi connectivity index (χ3v) is 12.4. The number of nitrogens with one attached hydrogen (secondary N) is 1. The summed E-state index contributed by atoms with van der Waals surface area (Å²) < 4.78 is 14.5. The molecule has 3 fully saturated rings. The van der Waals surface area contributed by atoms with E-state index in [4.69, 9.17) is 31.5 Å². The van der Waals surface area contributed by atoms with Crippen LogP contribution in [0.25, 0.3) is 0 Å². The van der Waals surface area contributed by atoms with E-state index in [1.807, 2.05) is 0 Å². The molecular weight excluding hydrogens is 780 g/mol. The van der Waals surface area contributed by atoms with Crippen LogP contribution in [0.2, 0.25) is 0 Å². The summed E-state index contributed by atoms with van der Waals surface area (Å²) in [4.78, 5) is 12.5. The SMILES string of the molecule is CCCC.CCCC[N+]1(Cc2cc(C(C)(C)C)cc(C=NC3CCCCC3)c2OC(Cl)Oc2c(C=N)cc(C(C)(C)C)cc2CN2CCN(C)CC2)CCN(C)C1.CN.CN. The number of hydrogen-bond donors (Lipinski definition) is 3. The van der Waals surface area contributed by atoms with Crippen LogP contribution < -0.4 is 20.9 Å². The van der Waals surface area contributed by atoms with Gasteiger partial charge in [-0.05, 0) is 99.2 Å². The van der Waals surface area contributed by atoms with E-state index >= 15 is 0 Å². The molecule has 2 saturated heterocycles. The minimum Gasteiger partial charge on any atom is -0.441 e. The van der Waals surface area contributed by atoms with Crippen molar-refractivity contribution in [3.05, 3.63) is 57.6 Å². The highest BCUT2D eigenvalue weighted by Gasteiger charge is 2.37. The highest BCUT2D eigenvalue weighted by Crippen LogP contribution is 2.38. The minimum atomic E-state index is -1.10. The van der Waals surface area contributed by atoms with Gasteiger partial charge in [0.15, 0.2) is 0 Å². The first kappa shape index (κ1) is 54.6. The molecule has 0 spiro atoms. The van der Waals surface area contributed by atoms with E-state index in [1.165, 1.54) is 76.4 Å². The Morgan fingerprint density at radius 1 is 0.770 bits per heavy atom. The second-order valence-electron chi connectivity index (χ2n) is 19.4. The zero-order valence-corrected chi connectivity index (χ0v) is 41.9. The van der Waals surface area contributed by atoms with Crippen LogP contribution in [0.3, 0.4) is 0 Å². The van der Waals surface area contributed by atoms with Crippen molar-refractivity contribution in [2.24, 2.45) is 16.5 Å². The van der Waals surface area contributed by atoms with Gasteiger partial charge in [0.05, 0.1) is 19.6 Å². The van der Waals surface area contributed by atoms with E-state index in [0.717, 1.165) is 111 Å². The lowest BCUT2D eigenvalue weighted by Gasteiger charge is -2.36. The second kappa shape index (κ2) is 26.9. The lowest BCUT2D eigenvalue weighted by Crippen LogP contribution is -2.47. The first-order chi connectivity index (χ1) is 29.0. The van der Waals surface area contributed by atoms with Gasteiger partial charge in [0.25, 0.3) is 0 Å². The molecule has 11 heteroatoms. The summed E-state index contributed by atoms with van der Waals surface area (Å²) in [6.07, 6.45) is 14.5. The fourth-order valence-electron chi connectivity index (χ4n) is 8.17. The molecule has 2 unspecified atom stereocenters. The van der Waals surface area contributed by atoms with Gasteiger partial charge in [-0.25, -0.2) is 0 Å². The summed E-state index contributed by atoms with van der Waals surface area (Å²) in [7, 11) is 7.42. The number of likely N-dealkylation sites (N-methyl/N-ethyl adjacent to an activating group) is 2.